The Morgan fingerprint density at radius 1 is 1.41 bits per heavy atom. The maximum Gasteiger partial charge on any atom is 0.276 e. The molecule has 1 amide bonds. The lowest BCUT2D eigenvalue weighted by atomic mass is 9.98. The van der Waals surface area contributed by atoms with Gasteiger partial charge in [-0.15, -0.1) is 0 Å². The zero-order valence-electron chi connectivity index (χ0n) is 12.7. The third-order valence-electron chi connectivity index (χ3n) is 4.00. The van der Waals surface area contributed by atoms with Crippen LogP contribution in [0.4, 0.5) is 0 Å². The quantitative estimate of drug-likeness (QED) is 0.871. The molecule has 0 spiro atoms. The number of carbonyl (C=O) groups is 1. The Labute approximate surface area is 129 Å². The van der Waals surface area contributed by atoms with Crippen molar-refractivity contribution in [2.75, 3.05) is 26.8 Å². The first-order valence-corrected chi connectivity index (χ1v) is 7.58. The smallest absolute Gasteiger partial charge is 0.276 e. The van der Waals surface area contributed by atoms with E-state index in [1.54, 1.807) is 13.2 Å². The highest BCUT2D eigenvalue weighted by molar-refractivity contribution is 5.93. The molecule has 22 heavy (non-hydrogen) atoms. The molecule has 0 saturated carbocycles. The Kier molecular flexibility index (Phi) is 4.53. The van der Waals surface area contributed by atoms with E-state index in [0.717, 1.165) is 31.5 Å². The summed E-state index contributed by atoms with van der Waals surface area (Å²) in [6, 6.07) is 11.4. The van der Waals surface area contributed by atoms with Gasteiger partial charge in [-0.05, 0) is 18.8 Å². The number of nitrogens with zero attached hydrogens (tertiary/aromatic N) is 2. The Bertz CT molecular complexity index is 622. The van der Waals surface area contributed by atoms with Gasteiger partial charge in [-0.2, -0.15) is 0 Å². The van der Waals surface area contributed by atoms with E-state index in [9.17, 15) is 4.79 Å². The molecule has 1 aromatic heterocycles. The van der Waals surface area contributed by atoms with E-state index in [-0.39, 0.29) is 5.91 Å². The summed E-state index contributed by atoms with van der Waals surface area (Å²) < 4.78 is 10.5. The van der Waals surface area contributed by atoms with Gasteiger partial charge in [0.15, 0.2) is 11.5 Å². The molecule has 1 aliphatic rings. The molecule has 0 N–H and O–H groups in total. The Balaban J connectivity index is 1.71. The third kappa shape index (κ3) is 3.20. The van der Waals surface area contributed by atoms with Crippen LogP contribution in [0.15, 0.2) is 40.9 Å². The van der Waals surface area contributed by atoms with Crippen molar-refractivity contribution in [3.8, 4) is 11.3 Å². The zero-order chi connectivity index (χ0) is 15.4. The monoisotopic (exact) mass is 300 g/mol. The van der Waals surface area contributed by atoms with Gasteiger partial charge in [-0.1, -0.05) is 35.5 Å². The number of hydrogen-bond donors (Lipinski definition) is 0. The summed E-state index contributed by atoms with van der Waals surface area (Å²) in [5, 5.41) is 3.94. The molecule has 0 radical (unpaired) electrons. The molecule has 2 heterocycles. The summed E-state index contributed by atoms with van der Waals surface area (Å²) in [6.07, 6.45) is 2.11. The number of likely N-dealkylation sites (tertiary alicyclic amines) is 1. The van der Waals surface area contributed by atoms with E-state index in [4.69, 9.17) is 9.26 Å². The molecule has 116 valence electrons. The maximum atomic E-state index is 12.6. The van der Waals surface area contributed by atoms with Crippen LogP contribution >= 0.6 is 0 Å². The van der Waals surface area contributed by atoms with E-state index < -0.39 is 0 Å². The largest absolute Gasteiger partial charge is 0.384 e. The molecule has 1 unspecified atom stereocenters. The number of ether oxygens (including phenoxy) is 1. The first-order valence-electron chi connectivity index (χ1n) is 7.58. The van der Waals surface area contributed by atoms with Crippen molar-refractivity contribution >= 4 is 5.91 Å². The summed E-state index contributed by atoms with van der Waals surface area (Å²) in [7, 11) is 1.70. The number of piperidine rings is 1. The van der Waals surface area contributed by atoms with Gasteiger partial charge < -0.3 is 14.2 Å². The Hall–Kier alpha value is -2.14. The van der Waals surface area contributed by atoms with Gasteiger partial charge in [0, 0.05) is 31.8 Å². The predicted octanol–water partition coefficient (Wildman–Crippen LogP) is 2.84. The number of aromatic nitrogens is 1. The summed E-state index contributed by atoms with van der Waals surface area (Å²) in [4.78, 5) is 14.4. The summed E-state index contributed by atoms with van der Waals surface area (Å²) in [6.45, 7) is 2.19. The Morgan fingerprint density at radius 3 is 3.00 bits per heavy atom. The van der Waals surface area contributed by atoms with E-state index >= 15 is 0 Å². The molecule has 1 atom stereocenters. The molecule has 0 aliphatic carbocycles. The fourth-order valence-corrected chi connectivity index (χ4v) is 2.90. The summed E-state index contributed by atoms with van der Waals surface area (Å²) in [5.41, 5.74) is 1.29. The van der Waals surface area contributed by atoms with Gasteiger partial charge in [0.1, 0.15) is 0 Å². The lowest BCUT2D eigenvalue weighted by Crippen LogP contribution is -2.41. The van der Waals surface area contributed by atoms with Crippen molar-refractivity contribution in [2.24, 2.45) is 5.92 Å². The average Bonchev–Trinajstić information content (AvgIpc) is 3.05. The highest BCUT2D eigenvalue weighted by Crippen LogP contribution is 2.22. The number of hydrogen-bond acceptors (Lipinski definition) is 4. The van der Waals surface area contributed by atoms with Crippen LogP contribution in [0.3, 0.4) is 0 Å². The van der Waals surface area contributed by atoms with E-state index in [2.05, 4.69) is 5.16 Å². The van der Waals surface area contributed by atoms with Gasteiger partial charge >= 0.3 is 0 Å². The molecular weight excluding hydrogens is 280 g/mol. The summed E-state index contributed by atoms with van der Waals surface area (Å²) >= 11 is 0. The van der Waals surface area contributed by atoms with Crippen molar-refractivity contribution in [3.05, 3.63) is 42.1 Å². The van der Waals surface area contributed by atoms with Gasteiger partial charge in [0.05, 0.1) is 6.61 Å². The number of rotatable bonds is 4. The summed E-state index contributed by atoms with van der Waals surface area (Å²) in [5.74, 6) is 0.962. The molecular formula is C17H20N2O3. The van der Waals surface area contributed by atoms with Gasteiger partial charge in [0.2, 0.25) is 0 Å². The number of methoxy groups -OCH3 is 1. The van der Waals surface area contributed by atoms with Crippen LogP contribution in [-0.4, -0.2) is 42.8 Å². The molecule has 1 aromatic carbocycles. The van der Waals surface area contributed by atoms with Crippen LogP contribution in [-0.2, 0) is 4.74 Å². The molecule has 2 aromatic rings. The molecule has 1 saturated heterocycles. The minimum atomic E-state index is -0.0632. The van der Waals surface area contributed by atoms with Crippen molar-refractivity contribution in [1.82, 2.24) is 10.1 Å². The lowest BCUT2D eigenvalue weighted by Gasteiger charge is -2.31. The molecule has 0 bridgehead atoms. The second kappa shape index (κ2) is 6.75. The van der Waals surface area contributed by atoms with Crippen LogP contribution in [0.25, 0.3) is 11.3 Å². The van der Waals surface area contributed by atoms with Gasteiger partial charge in [0.25, 0.3) is 5.91 Å². The third-order valence-corrected chi connectivity index (χ3v) is 4.00. The van der Waals surface area contributed by atoms with Crippen molar-refractivity contribution < 1.29 is 14.1 Å². The van der Waals surface area contributed by atoms with Crippen LogP contribution in [0.5, 0.6) is 0 Å². The average molecular weight is 300 g/mol. The van der Waals surface area contributed by atoms with E-state index in [1.165, 1.54) is 0 Å². The minimum absolute atomic E-state index is 0.0632. The highest BCUT2D eigenvalue weighted by atomic mass is 16.5. The molecule has 3 rings (SSSR count). The number of carbonyl (C=O) groups excluding carboxylic acids is 1. The van der Waals surface area contributed by atoms with E-state index in [1.807, 2.05) is 35.2 Å². The fraction of sp³-hybridized carbons (Fsp3) is 0.412. The second-order valence-corrected chi connectivity index (χ2v) is 5.66. The van der Waals surface area contributed by atoms with Crippen molar-refractivity contribution in [2.45, 2.75) is 12.8 Å². The van der Waals surface area contributed by atoms with Crippen molar-refractivity contribution in [3.63, 3.8) is 0 Å². The topological polar surface area (TPSA) is 55.6 Å². The Morgan fingerprint density at radius 2 is 2.23 bits per heavy atom. The minimum Gasteiger partial charge on any atom is -0.384 e. The van der Waals surface area contributed by atoms with Crippen molar-refractivity contribution in [1.29, 1.82) is 0 Å². The lowest BCUT2D eigenvalue weighted by molar-refractivity contribution is 0.0562. The van der Waals surface area contributed by atoms with Crippen LogP contribution in [0.1, 0.15) is 23.3 Å². The van der Waals surface area contributed by atoms with E-state index in [0.29, 0.717) is 24.0 Å². The maximum absolute atomic E-state index is 12.6. The van der Waals surface area contributed by atoms with Crippen LogP contribution in [0.2, 0.25) is 0 Å². The highest BCUT2D eigenvalue weighted by Gasteiger charge is 2.26. The van der Waals surface area contributed by atoms with Crippen LogP contribution < -0.4 is 0 Å². The molecule has 5 heteroatoms. The first kappa shape index (κ1) is 14.8. The molecule has 1 aliphatic heterocycles. The standard InChI is InChI=1S/C17H20N2O3/c1-21-12-13-6-5-9-19(11-13)17(20)15-10-16(22-18-15)14-7-3-2-4-8-14/h2-4,7-8,10,13H,5-6,9,11-12H2,1H3. The SMILES string of the molecule is COCC1CCCN(C(=O)c2cc(-c3ccccc3)on2)C1. The van der Waals surface area contributed by atoms with Gasteiger partial charge in [-0.3, -0.25) is 4.79 Å². The number of benzene rings is 1. The predicted molar refractivity (Wildman–Crippen MR) is 82.4 cm³/mol. The molecule has 1 fully saturated rings. The van der Waals surface area contributed by atoms with Gasteiger partial charge in [-0.25, -0.2) is 0 Å². The van der Waals surface area contributed by atoms with Crippen LogP contribution in [0, 0.1) is 5.92 Å². The zero-order valence-corrected chi connectivity index (χ0v) is 12.7. The normalized spacial score (nSPS) is 18.4. The molecule has 5 nitrogen and oxygen atoms in total. The number of amides is 1. The first-order chi connectivity index (χ1) is 10.8. The second-order valence-electron chi connectivity index (χ2n) is 5.66. The fourth-order valence-electron chi connectivity index (χ4n) is 2.90.